The summed E-state index contributed by atoms with van der Waals surface area (Å²) >= 11 is 0. The molecule has 0 spiro atoms. The summed E-state index contributed by atoms with van der Waals surface area (Å²) in [5.41, 5.74) is 2.70. The van der Waals surface area contributed by atoms with Crippen LogP contribution >= 0.6 is 0 Å². The number of benzene rings is 3. The molecule has 5 heteroatoms. The van der Waals surface area contributed by atoms with Gasteiger partial charge in [-0.05, 0) is 73.8 Å². The van der Waals surface area contributed by atoms with E-state index in [2.05, 4.69) is 34.1 Å². The normalized spacial score (nSPS) is 17.5. The molecule has 0 atom stereocenters. The summed E-state index contributed by atoms with van der Waals surface area (Å²) in [5, 5.41) is 0. The van der Waals surface area contributed by atoms with Crippen molar-refractivity contribution >= 4 is 5.69 Å². The minimum absolute atomic E-state index is 0.596. The number of likely N-dealkylation sites (tertiary alicyclic amines) is 1. The Morgan fingerprint density at radius 2 is 1.44 bits per heavy atom. The monoisotopic (exact) mass is 458 g/mol. The van der Waals surface area contributed by atoms with Crippen molar-refractivity contribution in [3.8, 4) is 17.2 Å². The first kappa shape index (κ1) is 22.8. The molecule has 0 amide bonds. The van der Waals surface area contributed by atoms with Crippen molar-refractivity contribution in [1.82, 2.24) is 4.90 Å². The molecule has 3 aromatic rings. The molecule has 5 rings (SSSR count). The van der Waals surface area contributed by atoms with Gasteiger partial charge in [0.15, 0.2) is 0 Å². The van der Waals surface area contributed by atoms with Gasteiger partial charge in [-0.25, -0.2) is 0 Å². The van der Waals surface area contributed by atoms with Crippen LogP contribution in [0.2, 0.25) is 0 Å². The van der Waals surface area contributed by atoms with Crippen LogP contribution in [0.5, 0.6) is 17.2 Å². The molecule has 2 saturated heterocycles. The Bertz CT molecular complexity index is 1010. The summed E-state index contributed by atoms with van der Waals surface area (Å²) in [7, 11) is 0. The number of piperidine rings is 1. The van der Waals surface area contributed by atoms with Crippen molar-refractivity contribution < 1.29 is 14.2 Å². The number of morpholine rings is 1. The highest BCUT2D eigenvalue weighted by atomic mass is 16.5. The average Bonchev–Trinajstić information content (AvgIpc) is 2.90. The molecular weight excluding hydrogens is 424 g/mol. The largest absolute Gasteiger partial charge is 0.493 e. The molecule has 2 heterocycles. The molecule has 0 saturated carbocycles. The van der Waals surface area contributed by atoms with Gasteiger partial charge in [-0.2, -0.15) is 0 Å². The van der Waals surface area contributed by atoms with E-state index in [1.165, 1.54) is 24.1 Å². The SMILES string of the molecule is c1ccc(Oc2cccc(OCC3CCN(Cc4ccc(N5CCOCC5)cc4)CC3)c2)cc1. The number of ether oxygens (including phenoxy) is 3. The van der Waals surface area contributed by atoms with Gasteiger partial charge < -0.3 is 19.1 Å². The van der Waals surface area contributed by atoms with Crippen molar-refractivity contribution in [2.75, 3.05) is 50.9 Å². The first-order valence-electron chi connectivity index (χ1n) is 12.4. The van der Waals surface area contributed by atoms with E-state index in [1.807, 2.05) is 54.6 Å². The minimum atomic E-state index is 0.596. The van der Waals surface area contributed by atoms with Crippen LogP contribution in [0.3, 0.4) is 0 Å². The Morgan fingerprint density at radius 1 is 0.735 bits per heavy atom. The van der Waals surface area contributed by atoms with E-state index in [0.717, 1.165) is 69.8 Å². The van der Waals surface area contributed by atoms with Crippen LogP contribution in [0.15, 0.2) is 78.9 Å². The highest BCUT2D eigenvalue weighted by molar-refractivity contribution is 5.48. The molecular formula is C29H34N2O3. The van der Waals surface area contributed by atoms with Crippen LogP contribution in [0.25, 0.3) is 0 Å². The van der Waals surface area contributed by atoms with Crippen LogP contribution in [-0.4, -0.2) is 50.9 Å². The van der Waals surface area contributed by atoms with Gasteiger partial charge in [0.25, 0.3) is 0 Å². The van der Waals surface area contributed by atoms with E-state index in [-0.39, 0.29) is 0 Å². The first-order chi connectivity index (χ1) is 16.8. The Hall–Kier alpha value is -3.02. The van der Waals surface area contributed by atoms with Gasteiger partial charge >= 0.3 is 0 Å². The molecule has 34 heavy (non-hydrogen) atoms. The molecule has 5 nitrogen and oxygen atoms in total. The van der Waals surface area contributed by atoms with Gasteiger partial charge in [-0.1, -0.05) is 36.4 Å². The Morgan fingerprint density at radius 3 is 2.21 bits per heavy atom. The zero-order chi connectivity index (χ0) is 23.0. The fourth-order valence-corrected chi connectivity index (χ4v) is 4.67. The molecule has 3 aromatic carbocycles. The molecule has 2 aliphatic rings. The fourth-order valence-electron chi connectivity index (χ4n) is 4.67. The zero-order valence-corrected chi connectivity index (χ0v) is 19.8. The summed E-state index contributed by atoms with van der Waals surface area (Å²) in [6, 6.07) is 26.9. The zero-order valence-electron chi connectivity index (χ0n) is 19.8. The first-order valence-corrected chi connectivity index (χ1v) is 12.4. The van der Waals surface area contributed by atoms with Gasteiger partial charge in [0.1, 0.15) is 17.2 Å². The second kappa shape index (κ2) is 11.4. The van der Waals surface area contributed by atoms with E-state index in [1.54, 1.807) is 0 Å². The van der Waals surface area contributed by atoms with Crippen LogP contribution in [0, 0.1) is 5.92 Å². The fraction of sp³-hybridized carbons (Fsp3) is 0.379. The molecule has 0 aliphatic carbocycles. The van der Waals surface area contributed by atoms with Crippen LogP contribution < -0.4 is 14.4 Å². The van der Waals surface area contributed by atoms with E-state index in [4.69, 9.17) is 14.2 Å². The third-order valence-corrected chi connectivity index (χ3v) is 6.70. The van der Waals surface area contributed by atoms with Gasteiger partial charge in [-0.15, -0.1) is 0 Å². The Labute approximate surface area is 202 Å². The Balaban J connectivity index is 1.05. The molecule has 0 bridgehead atoms. The maximum Gasteiger partial charge on any atom is 0.131 e. The predicted molar refractivity (Wildman–Crippen MR) is 136 cm³/mol. The van der Waals surface area contributed by atoms with Crippen molar-refractivity contribution in [3.05, 3.63) is 84.4 Å². The average molecular weight is 459 g/mol. The predicted octanol–water partition coefficient (Wildman–Crippen LogP) is 5.61. The van der Waals surface area contributed by atoms with Crippen molar-refractivity contribution in [2.45, 2.75) is 19.4 Å². The number of hydrogen-bond acceptors (Lipinski definition) is 5. The standard InChI is InChI=1S/C29H34N2O3/c1-2-5-27(6-3-1)34-29-8-4-7-28(21-29)33-23-25-13-15-30(16-14-25)22-24-9-11-26(12-10-24)31-17-19-32-20-18-31/h1-12,21,25H,13-20,22-23H2. The molecule has 0 unspecified atom stereocenters. The molecule has 0 aromatic heterocycles. The van der Waals surface area contributed by atoms with E-state index < -0.39 is 0 Å². The maximum absolute atomic E-state index is 6.14. The highest BCUT2D eigenvalue weighted by Crippen LogP contribution is 2.27. The van der Waals surface area contributed by atoms with E-state index in [9.17, 15) is 0 Å². The lowest BCUT2D eigenvalue weighted by atomic mass is 9.97. The minimum Gasteiger partial charge on any atom is -0.493 e. The molecule has 178 valence electrons. The topological polar surface area (TPSA) is 34.2 Å². The number of para-hydroxylation sites is 1. The molecule has 0 radical (unpaired) electrons. The number of hydrogen-bond donors (Lipinski definition) is 0. The summed E-state index contributed by atoms with van der Waals surface area (Å²) in [6.45, 7) is 7.65. The number of rotatable bonds is 8. The summed E-state index contributed by atoms with van der Waals surface area (Å²) in [4.78, 5) is 4.97. The quantitative estimate of drug-likeness (QED) is 0.439. The van der Waals surface area contributed by atoms with Crippen molar-refractivity contribution in [1.29, 1.82) is 0 Å². The molecule has 2 fully saturated rings. The van der Waals surface area contributed by atoms with Crippen molar-refractivity contribution in [3.63, 3.8) is 0 Å². The summed E-state index contributed by atoms with van der Waals surface area (Å²) < 4.78 is 17.5. The number of nitrogens with zero attached hydrogens (tertiary/aromatic N) is 2. The van der Waals surface area contributed by atoms with Crippen LogP contribution in [0.4, 0.5) is 5.69 Å². The third kappa shape index (κ3) is 6.31. The third-order valence-electron chi connectivity index (χ3n) is 6.70. The van der Waals surface area contributed by atoms with Gasteiger partial charge in [-0.3, -0.25) is 4.90 Å². The van der Waals surface area contributed by atoms with Crippen LogP contribution in [0.1, 0.15) is 18.4 Å². The molecule has 2 aliphatic heterocycles. The van der Waals surface area contributed by atoms with Gasteiger partial charge in [0.2, 0.25) is 0 Å². The summed E-state index contributed by atoms with van der Waals surface area (Å²) in [5.74, 6) is 3.11. The second-order valence-corrected chi connectivity index (χ2v) is 9.19. The second-order valence-electron chi connectivity index (χ2n) is 9.19. The Kier molecular flexibility index (Phi) is 7.64. The van der Waals surface area contributed by atoms with Crippen molar-refractivity contribution in [2.24, 2.45) is 5.92 Å². The number of anilines is 1. The van der Waals surface area contributed by atoms with Crippen LogP contribution in [-0.2, 0) is 11.3 Å². The van der Waals surface area contributed by atoms with E-state index in [0.29, 0.717) is 5.92 Å². The highest BCUT2D eigenvalue weighted by Gasteiger charge is 2.20. The lowest BCUT2D eigenvalue weighted by Crippen LogP contribution is -2.36. The van der Waals surface area contributed by atoms with Gasteiger partial charge in [0, 0.05) is 31.4 Å². The summed E-state index contributed by atoms with van der Waals surface area (Å²) in [6.07, 6.45) is 2.35. The molecule has 0 N–H and O–H groups in total. The van der Waals surface area contributed by atoms with E-state index >= 15 is 0 Å². The lowest BCUT2D eigenvalue weighted by Gasteiger charge is -2.32. The lowest BCUT2D eigenvalue weighted by molar-refractivity contribution is 0.122. The van der Waals surface area contributed by atoms with Gasteiger partial charge in [0.05, 0.1) is 19.8 Å². The maximum atomic E-state index is 6.14. The smallest absolute Gasteiger partial charge is 0.131 e.